The molecule has 0 saturated heterocycles. The van der Waals surface area contributed by atoms with Crippen molar-refractivity contribution in [2.45, 2.75) is 18.2 Å². The Labute approximate surface area is 106 Å². The number of hydrogen-bond acceptors (Lipinski definition) is 6. The lowest BCUT2D eigenvalue weighted by Crippen LogP contribution is -2.19. The zero-order valence-corrected chi connectivity index (χ0v) is 10.9. The molecule has 1 rings (SSSR count). The Hall–Kier alpha value is -0.690. The smallest absolute Gasteiger partial charge is 0.187 e. The summed E-state index contributed by atoms with van der Waals surface area (Å²) in [5.74, 6) is 0.524. The highest BCUT2D eigenvalue weighted by Crippen LogP contribution is 2.13. The SMILES string of the molecule is COCCOCC(O)CSc1ncc(C)cn1. The van der Waals surface area contributed by atoms with Crippen LogP contribution in [0.5, 0.6) is 0 Å². The number of nitrogens with zero attached hydrogens (tertiary/aromatic N) is 2. The second-order valence-corrected chi connectivity index (χ2v) is 4.56. The summed E-state index contributed by atoms with van der Waals surface area (Å²) in [6.07, 6.45) is 3.01. The van der Waals surface area contributed by atoms with Crippen LogP contribution in [-0.4, -0.2) is 53.9 Å². The molecular formula is C11H18N2O3S. The number of hydrogen-bond donors (Lipinski definition) is 1. The van der Waals surface area contributed by atoms with Crippen LogP contribution in [0.15, 0.2) is 17.6 Å². The molecular weight excluding hydrogens is 240 g/mol. The lowest BCUT2D eigenvalue weighted by atomic mass is 10.4. The molecule has 1 N–H and O–H groups in total. The van der Waals surface area contributed by atoms with Gasteiger partial charge >= 0.3 is 0 Å². The van der Waals surface area contributed by atoms with Crippen molar-refractivity contribution in [3.63, 3.8) is 0 Å². The van der Waals surface area contributed by atoms with E-state index < -0.39 is 6.10 Å². The van der Waals surface area contributed by atoms with E-state index >= 15 is 0 Å². The first-order valence-corrected chi connectivity index (χ1v) is 6.37. The lowest BCUT2D eigenvalue weighted by Gasteiger charge is -2.10. The zero-order valence-electron chi connectivity index (χ0n) is 10.1. The number of rotatable bonds is 8. The van der Waals surface area contributed by atoms with Crippen molar-refractivity contribution in [1.29, 1.82) is 0 Å². The van der Waals surface area contributed by atoms with Crippen LogP contribution in [0.4, 0.5) is 0 Å². The molecule has 1 atom stereocenters. The largest absolute Gasteiger partial charge is 0.390 e. The van der Waals surface area contributed by atoms with E-state index in [-0.39, 0.29) is 0 Å². The molecule has 0 radical (unpaired) electrons. The van der Waals surface area contributed by atoms with Gasteiger partial charge in [0.15, 0.2) is 5.16 Å². The van der Waals surface area contributed by atoms with Crippen molar-refractivity contribution >= 4 is 11.8 Å². The summed E-state index contributed by atoms with van der Waals surface area (Å²) in [5, 5.41) is 10.3. The summed E-state index contributed by atoms with van der Waals surface area (Å²) >= 11 is 1.42. The van der Waals surface area contributed by atoms with E-state index in [2.05, 4.69) is 9.97 Å². The van der Waals surface area contributed by atoms with Gasteiger partial charge in [-0.15, -0.1) is 0 Å². The average Bonchev–Trinajstić information content (AvgIpc) is 2.34. The number of aliphatic hydroxyl groups excluding tert-OH is 1. The van der Waals surface area contributed by atoms with Gasteiger partial charge in [0.05, 0.1) is 25.9 Å². The topological polar surface area (TPSA) is 64.5 Å². The van der Waals surface area contributed by atoms with Gasteiger partial charge in [0.1, 0.15) is 0 Å². The van der Waals surface area contributed by atoms with Gasteiger partial charge in [0.25, 0.3) is 0 Å². The molecule has 0 spiro atoms. The van der Waals surface area contributed by atoms with Gasteiger partial charge in [0.2, 0.25) is 0 Å². The molecule has 0 aromatic carbocycles. The molecule has 0 saturated carbocycles. The number of aromatic nitrogens is 2. The minimum atomic E-state index is -0.512. The van der Waals surface area contributed by atoms with Crippen LogP contribution in [0.1, 0.15) is 5.56 Å². The van der Waals surface area contributed by atoms with Gasteiger partial charge in [0, 0.05) is 25.3 Å². The highest BCUT2D eigenvalue weighted by molar-refractivity contribution is 7.99. The van der Waals surface area contributed by atoms with E-state index in [1.165, 1.54) is 11.8 Å². The predicted molar refractivity (Wildman–Crippen MR) is 66.2 cm³/mol. The second kappa shape index (κ2) is 8.41. The number of ether oxygens (including phenoxy) is 2. The van der Waals surface area contributed by atoms with E-state index in [4.69, 9.17) is 9.47 Å². The molecule has 0 fully saturated rings. The van der Waals surface area contributed by atoms with Gasteiger partial charge in [-0.3, -0.25) is 0 Å². The van der Waals surface area contributed by atoms with Crippen molar-refractivity contribution in [2.24, 2.45) is 0 Å². The number of methoxy groups -OCH3 is 1. The van der Waals surface area contributed by atoms with Crippen molar-refractivity contribution in [2.75, 3.05) is 32.7 Å². The number of aryl methyl sites for hydroxylation is 1. The third kappa shape index (κ3) is 6.58. The minimum absolute atomic E-state index is 0.308. The van der Waals surface area contributed by atoms with Crippen molar-refractivity contribution < 1.29 is 14.6 Å². The summed E-state index contributed by atoms with van der Waals surface area (Å²) in [5.41, 5.74) is 1.03. The Morgan fingerprint density at radius 2 is 2.06 bits per heavy atom. The van der Waals surface area contributed by atoms with Gasteiger partial charge < -0.3 is 14.6 Å². The lowest BCUT2D eigenvalue weighted by molar-refractivity contribution is 0.0218. The molecule has 6 heteroatoms. The Bertz CT molecular complexity index is 308. The first kappa shape index (κ1) is 14.4. The normalized spacial score (nSPS) is 12.6. The molecule has 96 valence electrons. The Kier molecular flexibility index (Phi) is 7.11. The van der Waals surface area contributed by atoms with E-state index in [1.54, 1.807) is 19.5 Å². The molecule has 0 aliphatic carbocycles. The summed E-state index contributed by atoms with van der Waals surface area (Å²) in [6, 6.07) is 0. The van der Waals surface area contributed by atoms with Crippen molar-refractivity contribution in [3.05, 3.63) is 18.0 Å². The van der Waals surface area contributed by atoms with Gasteiger partial charge in [-0.05, 0) is 12.5 Å². The Morgan fingerprint density at radius 1 is 1.35 bits per heavy atom. The zero-order chi connectivity index (χ0) is 12.5. The maximum absolute atomic E-state index is 9.62. The molecule has 0 aliphatic heterocycles. The average molecular weight is 258 g/mol. The van der Waals surface area contributed by atoms with E-state index in [0.29, 0.717) is 30.7 Å². The molecule has 5 nitrogen and oxygen atoms in total. The first-order valence-electron chi connectivity index (χ1n) is 5.38. The standard InChI is InChI=1S/C11H18N2O3S/c1-9-5-12-11(13-6-9)17-8-10(14)7-16-4-3-15-2/h5-6,10,14H,3-4,7-8H2,1-2H3. The molecule has 0 aliphatic rings. The van der Waals surface area contributed by atoms with Crippen LogP contribution in [0.2, 0.25) is 0 Å². The Balaban J connectivity index is 2.14. The quantitative estimate of drug-likeness (QED) is 0.424. The van der Waals surface area contributed by atoms with Crippen LogP contribution < -0.4 is 0 Å². The summed E-state index contributed by atoms with van der Waals surface area (Å²) in [6.45, 7) is 3.29. The Morgan fingerprint density at radius 3 is 2.71 bits per heavy atom. The van der Waals surface area contributed by atoms with E-state index in [1.807, 2.05) is 6.92 Å². The summed E-state index contributed by atoms with van der Waals surface area (Å²) < 4.78 is 10.0. The fourth-order valence-electron chi connectivity index (χ4n) is 1.04. The van der Waals surface area contributed by atoms with Gasteiger partial charge in [-0.1, -0.05) is 11.8 Å². The molecule has 0 amide bonds. The summed E-state index contributed by atoms with van der Waals surface area (Å²) in [4.78, 5) is 8.28. The number of thioether (sulfide) groups is 1. The maximum atomic E-state index is 9.62. The van der Waals surface area contributed by atoms with Crippen LogP contribution >= 0.6 is 11.8 Å². The molecule has 17 heavy (non-hydrogen) atoms. The third-order valence-corrected chi connectivity index (χ3v) is 2.92. The highest BCUT2D eigenvalue weighted by atomic mass is 32.2. The van der Waals surface area contributed by atoms with Crippen molar-refractivity contribution in [3.8, 4) is 0 Å². The van der Waals surface area contributed by atoms with E-state index in [0.717, 1.165) is 5.56 Å². The fourth-order valence-corrected chi connectivity index (χ4v) is 1.73. The minimum Gasteiger partial charge on any atom is -0.390 e. The number of aliphatic hydroxyl groups is 1. The van der Waals surface area contributed by atoms with E-state index in [9.17, 15) is 5.11 Å². The highest BCUT2D eigenvalue weighted by Gasteiger charge is 2.06. The summed E-state index contributed by atoms with van der Waals surface area (Å²) in [7, 11) is 1.62. The molecule has 1 aromatic rings. The van der Waals surface area contributed by atoms with Crippen LogP contribution in [0, 0.1) is 6.92 Å². The van der Waals surface area contributed by atoms with Gasteiger partial charge in [-0.25, -0.2) is 9.97 Å². The van der Waals surface area contributed by atoms with Gasteiger partial charge in [-0.2, -0.15) is 0 Å². The predicted octanol–water partition coefficient (Wildman–Crippen LogP) is 0.901. The first-order chi connectivity index (χ1) is 8.22. The van der Waals surface area contributed by atoms with Crippen molar-refractivity contribution in [1.82, 2.24) is 9.97 Å². The molecule has 1 unspecified atom stereocenters. The molecule has 1 aromatic heterocycles. The van der Waals surface area contributed by atoms with Crippen LogP contribution in [0.25, 0.3) is 0 Å². The fraction of sp³-hybridized carbons (Fsp3) is 0.636. The molecule has 1 heterocycles. The van der Waals surface area contributed by atoms with Crippen LogP contribution in [0.3, 0.4) is 0 Å². The molecule has 0 bridgehead atoms. The monoisotopic (exact) mass is 258 g/mol. The van der Waals surface area contributed by atoms with Crippen LogP contribution in [-0.2, 0) is 9.47 Å². The third-order valence-electron chi connectivity index (χ3n) is 1.90. The second-order valence-electron chi connectivity index (χ2n) is 3.58. The maximum Gasteiger partial charge on any atom is 0.187 e.